The molecule has 0 N–H and O–H groups in total. The van der Waals surface area contributed by atoms with Crippen LogP contribution in [0.4, 0.5) is 24.7 Å². The Morgan fingerprint density at radius 2 is 1.81 bits per heavy atom. The number of halogens is 3. The molecule has 27 heavy (non-hydrogen) atoms. The third-order valence-corrected chi connectivity index (χ3v) is 4.79. The van der Waals surface area contributed by atoms with Gasteiger partial charge in [0.25, 0.3) is 0 Å². The van der Waals surface area contributed by atoms with Crippen LogP contribution in [0.5, 0.6) is 5.75 Å². The van der Waals surface area contributed by atoms with Crippen LogP contribution >= 0.6 is 0 Å². The van der Waals surface area contributed by atoms with Crippen molar-refractivity contribution in [3.05, 3.63) is 47.7 Å². The van der Waals surface area contributed by atoms with Gasteiger partial charge in [-0.05, 0) is 42.8 Å². The molecule has 4 nitrogen and oxygen atoms in total. The molecule has 0 saturated carbocycles. The monoisotopic (exact) mass is 379 g/mol. The summed E-state index contributed by atoms with van der Waals surface area (Å²) in [5.41, 5.74) is 1.59. The molecule has 0 unspecified atom stereocenters. The molecular formula is C20H24F3N3O. The summed E-state index contributed by atoms with van der Waals surface area (Å²) in [6.45, 7) is 3.47. The molecule has 1 aromatic carbocycles. The number of pyridine rings is 1. The Labute approximate surface area is 157 Å². The molecule has 1 saturated heterocycles. The summed E-state index contributed by atoms with van der Waals surface area (Å²) in [6.07, 6.45) is -1.76. The zero-order valence-corrected chi connectivity index (χ0v) is 15.8. The smallest absolute Gasteiger partial charge is 0.417 e. The largest absolute Gasteiger partial charge is 0.490 e. The first kappa shape index (κ1) is 19.3. The standard InChI is InChI=1S/C20H24F3N3O/c1-14-12-17(5-6-18(14)25(2)3)27-16-8-10-26(11-9-16)19-7-4-15(13-24-19)20(21,22)23/h4-7,12-13,16H,8-11H2,1-3H3. The maximum atomic E-state index is 12.6. The van der Waals surface area contributed by atoms with Crippen LogP contribution in [0.3, 0.4) is 0 Å². The van der Waals surface area contributed by atoms with Gasteiger partial charge in [-0.25, -0.2) is 4.98 Å². The fraction of sp³-hybridized carbons (Fsp3) is 0.450. The van der Waals surface area contributed by atoms with Crippen molar-refractivity contribution in [2.45, 2.75) is 32.0 Å². The van der Waals surface area contributed by atoms with Crippen LogP contribution in [0.2, 0.25) is 0 Å². The minimum absolute atomic E-state index is 0.0975. The van der Waals surface area contributed by atoms with Crippen LogP contribution in [0.15, 0.2) is 36.5 Å². The van der Waals surface area contributed by atoms with E-state index >= 15 is 0 Å². The van der Waals surface area contributed by atoms with Crippen LogP contribution in [0.25, 0.3) is 0 Å². The molecule has 7 heteroatoms. The van der Waals surface area contributed by atoms with Gasteiger partial charge in [0.15, 0.2) is 0 Å². The van der Waals surface area contributed by atoms with Gasteiger partial charge in [-0.2, -0.15) is 13.2 Å². The summed E-state index contributed by atoms with van der Waals surface area (Å²) >= 11 is 0. The van der Waals surface area contributed by atoms with E-state index in [1.807, 2.05) is 37.2 Å². The second kappa shape index (κ2) is 7.66. The number of ether oxygens (including phenoxy) is 1. The molecule has 1 aliphatic heterocycles. The molecule has 146 valence electrons. The fourth-order valence-electron chi connectivity index (χ4n) is 3.34. The van der Waals surface area contributed by atoms with Gasteiger partial charge in [0.2, 0.25) is 0 Å². The van der Waals surface area contributed by atoms with E-state index in [0.29, 0.717) is 18.9 Å². The van der Waals surface area contributed by atoms with Crippen LogP contribution in [0.1, 0.15) is 24.0 Å². The van der Waals surface area contributed by atoms with Gasteiger partial charge >= 0.3 is 6.18 Å². The maximum absolute atomic E-state index is 12.6. The van der Waals surface area contributed by atoms with Gasteiger partial charge in [-0.1, -0.05) is 0 Å². The van der Waals surface area contributed by atoms with E-state index in [9.17, 15) is 13.2 Å². The summed E-state index contributed by atoms with van der Waals surface area (Å²) < 4.78 is 44.0. The van der Waals surface area contributed by atoms with Crippen molar-refractivity contribution in [1.82, 2.24) is 4.98 Å². The third kappa shape index (κ3) is 4.64. The van der Waals surface area contributed by atoms with E-state index in [-0.39, 0.29) is 6.10 Å². The van der Waals surface area contributed by atoms with Crippen molar-refractivity contribution in [3.63, 3.8) is 0 Å². The van der Waals surface area contributed by atoms with Crippen molar-refractivity contribution < 1.29 is 17.9 Å². The molecule has 0 aliphatic carbocycles. The Balaban J connectivity index is 1.57. The number of hydrogen-bond acceptors (Lipinski definition) is 4. The van der Waals surface area contributed by atoms with Crippen molar-refractivity contribution in [2.24, 2.45) is 0 Å². The quantitative estimate of drug-likeness (QED) is 0.781. The molecule has 2 heterocycles. The molecular weight excluding hydrogens is 355 g/mol. The van der Waals surface area contributed by atoms with Gasteiger partial charge in [0.1, 0.15) is 17.7 Å². The van der Waals surface area contributed by atoms with Crippen molar-refractivity contribution in [2.75, 3.05) is 37.0 Å². The number of alkyl halides is 3. The molecule has 3 rings (SSSR count). The first-order valence-electron chi connectivity index (χ1n) is 8.97. The maximum Gasteiger partial charge on any atom is 0.417 e. The number of aryl methyl sites for hydroxylation is 1. The van der Waals surface area contributed by atoms with Gasteiger partial charge in [0.05, 0.1) is 5.56 Å². The average molecular weight is 379 g/mol. The van der Waals surface area contributed by atoms with E-state index in [1.165, 1.54) is 6.07 Å². The summed E-state index contributed by atoms with van der Waals surface area (Å²) in [4.78, 5) is 8.04. The zero-order valence-electron chi connectivity index (χ0n) is 15.8. The lowest BCUT2D eigenvalue weighted by Crippen LogP contribution is -2.38. The first-order chi connectivity index (χ1) is 12.7. The average Bonchev–Trinajstić information content (AvgIpc) is 2.61. The van der Waals surface area contributed by atoms with Crippen LogP contribution < -0.4 is 14.5 Å². The van der Waals surface area contributed by atoms with Crippen LogP contribution in [-0.2, 0) is 6.18 Å². The van der Waals surface area contributed by atoms with E-state index in [1.54, 1.807) is 0 Å². The third-order valence-electron chi connectivity index (χ3n) is 4.79. The number of nitrogens with zero attached hydrogens (tertiary/aromatic N) is 3. The topological polar surface area (TPSA) is 28.6 Å². The zero-order chi connectivity index (χ0) is 19.6. The molecule has 0 amide bonds. The lowest BCUT2D eigenvalue weighted by atomic mass is 10.1. The highest BCUT2D eigenvalue weighted by Crippen LogP contribution is 2.30. The Morgan fingerprint density at radius 1 is 1.11 bits per heavy atom. The normalized spacial score (nSPS) is 15.7. The van der Waals surface area contributed by atoms with Gasteiger partial charge in [-0.15, -0.1) is 0 Å². The highest BCUT2D eigenvalue weighted by atomic mass is 19.4. The van der Waals surface area contributed by atoms with Gasteiger partial charge in [-0.3, -0.25) is 0 Å². The summed E-state index contributed by atoms with van der Waals surface area (Å²) in [5.74, 6) is 1.43. The molecule has 2 aromatic rings. The first-order valence-corrected chi connectivity index (χ1v) is 8.97. The van der Waals surface area contributed by atoms with Gasteiger partial charge < -0.3 is 14.5 Å². The van der Waals surface area contributed by atoms with Crippen molar-refractivity contribution in [1.29, 1.82) is 0 Å². The van der Waals surface area contributed by atoms with E-state index in [2.05, 4.69) is 16.8 Å². The number of rotatable bonds is 4. The summed E-state index contributed by atoms with van der Waals surface area (Å²) in [6, 6.07) is 8.59. The Bertz CT molecular complexity index is 767. The van der Waals surface area contributed by atoms with Gasteiger partial charge in [0, 0.05) is 51.9 Å². The minimum Gasteiger partial charge on any atom is -0.490 e. The van der Waals surface area contributed by atoms with E-state index in [0.717, 1.165) is 42.1 Å². The number of piperidine rings is 1. The highest BCUT2D eigenvalue weighted by Gasteiger charge is 2.31. The molecule has 1 aromatic heterocycles. The number of benzene rings is 1. The summed E-state index contributed by atoms with van der Waals surface area (Å²) in [5, 5.41) is 0. The Hall–Kier alpha value is -2.44. The molecule has 1 fully saturated rings. The highest BCUT2D eigenvalue weighted by molar-refractivity contribution is 5.54. The SMILES string of the molecule is Cc1cc(OC2CCN(c3ccc(C(F)(F)F)cn3)CC2)ccc1N(C)C. The number of hydrogen-bond donors (Lipinski definition) is 0. The molecule has 0 radical (unpaired) electrons. The predicted molar refractivity (Wildman–Crippen MR) is 101 cm³/mol. The Morgan fingerprint density at radius 3 is 2.33 bits per heavy atom. The fourth-order valence-corrected chi connectivity index (χ4v) is 3.34. The molecule has 0 spiro atoms. The minimum atomic E-state index is -4.35. The lowest BCUT2D eigenvalue weighted by Gasteiger charge is -2.33. The number of aromatic nitrogens is 1. The number of anilines is 2. The van der Waals surface area contributed by atoms with Crippen LogP contribution in [0, 0.1) is 6.92 Å². The molecule has 1 aliphatic rings. The van der Waals surface area contributed by atoms with Crippen molar-refractivity contribution in [3.8, 4) is 5.75 Å². The van der Waals surface area contributed by atoms with E-state index < -0.39 is 11.7 Å². The molecule has 0 bridgehead atoms. The van der Waals surface area contributed by atoms with E-state index in [4.69, 9.17) is 4.74 Å². The molecule has 0 atom stereocenters. The summed E-state index contributed by atoms with van der Waals surface area (Å²) in [7, 11) is 4.02. The second-order valence-electron chi connectivity index (χ2n) is 7.05. The predicted octanol–water partition coefficient (Wildman–Crippen LogP) is 4.52. The lowest BCUT2D eigenvalue weighted by molar-refractivity contribution is -0.137. The Kier molecular flexibility index (Phi) is 5.48. The van der Waals surface area contributed by atoms with Crippen molar-refractivity contribution >= 4 is 11.5 Å². The van der Waals surface area contributed by atoms with Crippen LogP contribution in [-0.4, -0.2) is 38.3 Å². The second-order valence-corrected chi connectivity index (χ2v) is 7.05.